The second-order valence-corrected chi connectivity index (χ2v) is 4.75. The van der Waals surface area contributed by atoms with Crippen molar-refractivity contribution < 1.29 is 9.60 Å². The lowest BCUT2D eigenvalue weighted by atomic mass is 10.1. The van der Waals surface area contributed by atoms with Gasteiger partial charge in [0.05, 0.1) is 16.3 Å². The quantitative estimate of drug-likeness (QED) is 0.391. The first-order chi connectivity index (χ1) is 10.1. The number of benzene rings is 2. The zero-order valence-electron chi connectivity index (χ0n) is 11.4. The molecule has 0 amide bonds. The number of nitrogens with zero attached hydrogens (tertiary/aromatic N) is 2. The SMILES string of the molecule is CCN(c1cccc(F)c1)c1cccc(Cl)c1C(N)=NO. The Hall–Kier alpha value is -2.27. The molecule has 0 aliphatic carbocycles. The van der Waals surface area contributed by atoms with Crippen molar-refractivity contribution in [2.24, 2.45) is 10.9 Å². The first-order valence-electron chi connectivity index (χ1n) is 6.38. The van der Waals surface area contributed by atoms with E-state index in [2.05, 4.69) is 5.16 Å². The van der Waals surface area contributed by atoms with Gasteiger partial charge in [-0.25, -0.2) is 4.39 Å². The Bertz CT molecular complexity index is 676. The van der Waals surface area contributed by atoms with E-state index in [9.17, 15) is 4.39 Å². The maximum atomic E-state index is 13.4. The Morgan fingerprint density at radius 1 is 1.33 bits per heavy atom. The molecular weight excluding hydrogens is 293 g/mol. The Labute approximate surface area is 127 Å². The van der Waals surface area contributed by atoms with Crippen molar-refractivity contribution in [3.63, 3.8) is 0 Å². The van der Waals surface area contributed by atoms with Crippen LogP contribution < -0.4 is 10.6 Å². The zero-order valence-corrected chi connectivity index (χ0v) is 12.2. The Morgan fingerprint density at radius 3 is 2.67 bits per heavy atom. The van der Waals surface area contributed by atoms with Crippen molar-refractivity contribution in [3.8, 4) is 0 Å². The number of nitrogens with two attached hydrogens (primary N) is 1. The van der Waals surface area contributed by atoms with Crippen molar-refractivity contribution in [2.45, 2.75) is 6.92 Å². The summed E-state index contributed by atoms with van der Waals surface area (Å²) in [6.07, 6.45) is 0. The fraction of sp³-hybridized carbons (Fsp3) is 0.133. The third-order valence-electron chi connectivity index (χ3n) is 3.08. The van der Waals surface area contributed by atoms with Crippen LogP contribution >= 0.6 is 11.6 Å². The second kappa shape index (κ2) is 6.45. The number of hydrogen-bond donors (Lipinski definition) is 2. The second-order valence-electron chi connectivity index (χ2n) is 4.34. The van der Waals surface area contributed by atoms with Crippen molar-refractivity contribution in [1.29, 1.82) is 0 Å². The highest BCUT2D eigenvalue weighted by Crippen LogP contribution is 2.32. The molecule has 0 aromatic heterocycles. The summed E-state index contributed by atoms with van der Waals surface area (Å²) in [5.74, 6) is -0.427. The van der Waals surface area contributed by atoms with Crippen LogP contribution in [0, 0.1) is 5.82 Å². The molecule has 0 fully saturated rings. The van der Waals surface area contributed by atoms with Crippen molar-refractivity contribution >= 4 is 28.8 Å². The van der Waals surface area contributed by atoms with Crippen molar-refractivity contribution in [2.75, 3.05) is 11.4 Å². The Morgan fingerprint density at radius 2 is 2.05 bits per heavy atom. The predicted molar refractivity (Wildman–Crippen MR) is 83.0 cm³/mol. The topological polar surface area (TPSA) is 61.8 Å². The molecule has 21 heavy (non-hydrogen) atoms. The van der Waals surface area contributed by atoms with E-state index >= 15 is 0 Å². The average Bonchev–Trinajstić information content (AvgIpc) is 2.47. The lowest BCUT2D eigenvalue weighted by molar-refractivity contribution is 0.318. The van der Waals surface area contributed by atoms with Crippen LogP contribution in [-0.4, -0.2) is 17.6 Å². The van der Waals surface area contributed by atoms with E-state index in [4.69, 9.17) is 22.5 Å². The number of halogens is 2. The highest BCUT2D eigenvalue weighted by molar-refractivity contribution is 6.35. The van der Waals surface area contributed by atoms with Crippen LogP contribution in [0.1, 0.15) is 12.5 Å². The predicted octanol–water partition coefficient (Wildman–Crippen LogP) is 3.73. The van der Waals surface area contributed by atoms with Crippen LogP contribution in [0.3, 0.4) is 0 Å². The fourth-order valence-electron chi connectivity index (χ4n) is 2.18. The third-order valence-corrected chi connectivity index (χ3v) is 3.40. The normalized spacial score (nSPS) is 11.5. The molecule has 0 bridgehead atoms. The number of amidine groups is 1. The van der Waals surface area contributed by atoms with Gasteiger partial charge < -0.3 is 15.8 Å². The van der Waals surface area contributed by atoms with Gasteiger partial charge in [-0.2, -0.15) is 0 Å². The first kappa shape index (κ1) is 15.1. The summed E-state index contributed by atoms with van der Waals surface area (Å²) in [4.78, 5) is 1.84. The van der Waals surface area contributed by atoms with Gasteiger partial charge in [0.2, 0.25) is 0 Å². The summed E-state index contributed by atoms with van der Waals surface area (Å²) in [6.45, 7) is 2.48. The minimum Gasteiger partial charge on any atom is -0.409 e. The summed E-state index contributed by atoms with van der Waals surface area (Å²) >= 11 is 6.15. The van der Waals surface area contributed by atoms with E-state index in [0.29, 0.717) is 28.5 Å². The molecule has 0 heterocycles. The molecule has 0 aliphatic rings. The van der Waals surface area contributed by atoms with Crippen LogP contribution in [0.25, 0.3) is 0 Å². The summed E-state index contributed by atoms with van der Waals surface area (Å²) in [6, 6.07) is 11.4. The van der Waals surface area contributed by atoms with Gasteiger partial charge in [0.1, 0.15) is 5.82 Å². The van der Waals surface area contributed by atoms with Crippen molar-refractivity contribution in [3.05, 3.63) is 58.9 Å². The molecule has 0 spiro atoms. The number of anilines is 2. The van der Waals surface area contributed by atoms with E-state index in [1.165, 1.54) is 12.1 Å². The van der Waals surface area contributed by atoms with Gasteiger partial charge in [-0.15, -0.1) is 0 Å². The van der Waals surface area contributed by atoms with Gasteiger partial charge in [-0.3, -0.25) is 0 Å². The van der Waals surface area contributed by atoms with E-state index in [-0.39, 0.29) is 11.7 Å². The van der Waals surface area contributed by atoms with Gasteiger partial charge in [-0.05, 0) is 37.3 Å². The average molecular weight is 308 g/mol. The van der Waals surface area contributed by atoms with Crippen LogP contribution in [0.4, 0.5) is 15.8 Å². The van der Waals surface area contributed by atoms with Crippen LogP contribution in [0.5, 0.6) is 0 Å². The fourth-order valence-corrected chi connectivity index (χ4v) is 2.44. The molecule has 0 saturated heterocycles. The monoisotopic (exact) mass is 307 g/mol. The Balaban J connectivity index is 2.61. The first-order valence-corrected chi connectivity index (χ1v) is 6.75. The third kappa shape index (κ3) is 3.08. The molecule has 2 aromatic carbocycles. The van der Waals surface area contributed by atoms with Gasteiger partial charge in [0.25, 0.3) is 0 Å². The summed E-state index contributed by atoms with van der Waals surface area (Å²) in [5, 5.41) is 12.3. The maximum absolute atomic E-state index is 13.4. The molecule has 0 aliphatic heterocycles. The van der Waals surface area contributed by atoms with Crippen molar-refractivity contribution in [1.82, 2.24) is 0 Å². The van der Waals surface area contributed by atoms with Gasteiger partial charge in [0, 0.05) is 12.2 Å². The van der Waals surface area contributed by atoms with E-state index in [0.717, 1.165) is 0 Å². The molecule has 0 saturated carbocycles. The van der Waals surface area contributed by atoms with Gasteiger partial charge in [-0.1, -0.05) is 28.9 Å². The summed E-state index contributed by atoms with van der Waals surface area (Å²) in [7, 11) is 0. The molecular formula is C15H15ClFN3O. The molecule has 2 rings (SSSR count). The minimum atomic E-state index is -0.335. The molecule has 0 radical (unpaired) electrons. The largest absolute Gasteiger partial charge is 0.409 e. The smallest absolute Gasteiger partial charge is 0.173 e. The van der Waals surface area contributed by atoms with Gasteiger partial charge in [0.15, 0.2) is 5.84 Å². The molecule has 0 atom stereocenters. The standard InChI is InChI=1S/C15H15ClFN3O/c1-2-20(11-6-3-5-10(17)9-11)13-8-4-7-12(16)14(13)15(18)19-21/h3-9,21H,2H2,1H3,(H2,18,19). The zero-order chi connectivity index (χ0) is 15.4. The van der Waals surface area contributed by atoms with E-state index in [1.807, 2.05) is 11.8 Å². The molecule has 2 aromatic rings. The molecule has 0 unspecified atom stereocenters. The lowest BCUT2D eigenvalue weighted by Gasteiger charge is -2.26. The molecule has 4 nitrogen and oxygen atoms in total. The number of hydrogen-bond acceptors (Lipinski definition) is 3. The highest BCUT2D eigenvalue weighted by atomic mass is 35.5. The molecule has 110 valence electrons. The highest BCUT2D eigenvalue weighted by Gasteiger charge is 2.17. The van der Waals surface area contributed by atoms with Crippen LogP contribution in [0.2, 0.25) is 5.02 Å². The van der Waals surface area contributed by atoms with E-state index < -0.39 is 0 Å². The number of rotatable bonds is 4. The van der Waals surface area contributed by atoms with Gasteiger partial charge >= 0.3 is 0 Å². The lowest BCUT2D eigenvalue weighted by Crippen LogP contribution is -2.23. The summed E-state index contributed by atoms with van der Waals surface area (Å²) in [5.41, 5.74) is 7.42. The number of oxime groups is 1. The van der Waals surface area contributed by atoms with E-state index in [1.54, 1.807) is 30.3 Å². The summed E-state index contributed by atoms with van der Waals surface area (Å²) < 4.78 is 13.4. The molecule has 3 N–H and O–H groups in total. The van der Waals surface area contributed by atoms with Crippen LogP contribution in [-0.2, 0) is 0 Å². The minimum absolute atomic E-state index is 0.0922. The van der Waals surface area contributed by atoms with Crippen LogP contribution in [0.15, 0.2) is 47.6 Å². The molecule has 6 heteroatoms. The maximum Gasteiger partial charge on any atom is 0.173 e. The Kier molecular flexibility index (Phi) is 4.65.